The molecule has 1 aromatic rings. The second kappa shape index (κ2) is 6.49. The van der Waals surface area contributed by atoms with Gasteiger partial charge in [0.1, 0.15) is 6.10 Å². The number of methoxy groups -OCH3 is 1. The standard InChI is InChI=1S/C15H19N3O3/c1-4-14(19)18-6-5-13-11(9-18)7-12(8-16-13)17-15(20)10(2)21-3/h4,7-8,10H,1,5-6,9H2,2-3H3,(H,17,20)/t10-/m0/s1. The smallest absolute Gasteiger partial charge is 0.253 e. The molecule has 6 heteroatoms. The van der Waals surface area contributed by atoms with Gasteiger partial charge in [0.2, 0.25) is 5.91 Å². The summed E-state index contributed by atoms with van der Waals surface area (Å²) in [5.41, 5.74) is 2.51. The van der Waals surface area contributed by atoms with Gasteiger partial charge in [-0.1, -0.05) is 6.58 Å². The first-order valence-corrected chi connectivity index (χ1v) is 6.78. The highest BCUT2D eigenvalue weighted by atomic mass is 16.5. The monoisotopic (exact) mass is 289 g/mol. The molecular formula is C15H19N3O3. The van der Waals surface area contributed by atoms with Crippen molar-refractivity contribution in [1.29, 1.82) is 0 Å². The SMILES string of the molecule is C=CC(=O)N1CCc2ncc(NC(=O)[C@H](C)OC)cc2C1. The van der Waals surface area contributed by atoms with Gasteiger partial charge in [0.25, 0.3) is 5.91 Å². The topological polar surface area (TPSA) is 71.5 Å². The quantitative estimate of drug-likeness (QED) is 0.843. The Labute approximate surface area is 123 Å². The molecule has 1 N–H and O–H groups in total. The Balaban J connectivity index is 2.13. The van der Waals surface area contributed by atoms with Crippen LogP contribution in [0.1, 0.15) is 18.2 Å². The second-order valence-corrected chi connectivity index (χ2v) is 4.91. The maximum atomic E-state index is 11.8. The number of aromatic nitrogens is 1. The van der Waals surface area contributed by atoms with Crippen LogP contribution in [0.4, 0.5) is 5.69 Å². The number of nitrogens with zero attached hydrogens (tertiary/aromatic N) is 2. The summed E-state index contributed by atoms with van der Waals surface area (Å²) >= 11 is 0. The number of pyridine rings is 1. The van der Waals surface area contributed by atoms with Crippen LogP contribution in [0.15, 0.2) is 24.9 Å². The average molecular weight is 289 g/mol. The van der Waals surface area contributed by atoms with Gasteiger partial charge in [-0.25, -0.2) is 0 Å². The van der Waals surface area contributed by atoms with Crippen molar-refractivity contribution < 1.29 is 14.3 Å². The fourth-order valence-electron chi connectivity index (χ4n) is 2.16. The number of anilines is 1. The fraction of sp³-hybridized carbons (Fsp3) is 0.400. The van der Waals surface area contributed by atoms with E-state index in [-0.39, 0.29) is 11.8 Å². The number of fused-ring (bicyclic) bond motifs is 1. The van der Waals surface area contributed by atoms with Gasteiger partial charge >= 0.3 is 0 Å². The molecule has 0 fully saturated rings. The lowest BCUT2D eigenvalue weighted by molar-refractivity contribution is -0.127. The Morgan fingerprint density at radius 3 is 3.00 bits per heavy atom. The van der Waals surface area contributed by atoms with Gasteiger partial charge < -0.3 is 15.0 Å². The minimum absolute atomic E-state index is 0.0944. The van der Waals surface area contributed by atoms with E-state index in [1.54, 1.807) is 18.0 Å². The van der Waals surface area contributed by atoms with Crippen molar-refractivity contribution >= 4 is 17.5 Å². The van der Waals surface area contributed by atoms with Crippen LogP contribution in [0.2, 0.25) is 0 Å². The summed E-state index contributed by atoms with van der Waals surface area (Å²) < 4.78 is 4.96. The minimum Gasteiger partial charge on any atom is -0.372 e. The largest absolute Gasteiger partial charge is 0.372 e. The van der Waals surface area contributed by atoms with Gasteiger partial charge in [-0.2, -0.15) is 0 Å². The molecule has 1 aliphatic rings. The summed E-state index contributed by atoms with van der Waals surface area (Å²) in [5.74, 6) is -0.322. The zero-order chi connectivity index (χ0) is 15.4. The van der Waals surface area contributed by atoms with Crippen LogP contribution in [-0.2, 0) is 27.3 Å². The van der Waals surface area contributed by atoms with E-state index in [0.29, 0.717) is 25.2 Å². The van der Waals surface area contributed by atoms with Crippen LogP contribution < -0.4 is 5.32 Å². The zero-order valence-electron chi connectivity index (χ0n) is 12.3. The molecule has 1 atom stereocenters. The summed E-state index contributed by atoms with van der Waals surface area (Å²) in [5, 5.41) is 2.75. The Morgan fingerprint density at radius 1 is 1.57 bits per heavy atom. The van der Waals surface area contributed by atoms with E-state index in [9.17, 15) is 9.59 Å². The molecular weight excluding hydrogens is 270 g/mol. The molecule has 0 unspecified atom stereocenters. The van der Waals surface area contributed by atoms with Crippen LogP contribution in [-0.4, -0.2) is 41.5 Å². The van der Waals surface area contributed by atoms with E-state index in [0.717, 1.165) is 11.3 Å². The Bertz CT molecular complexity index is 571. The third-order valence-corrected chi connectivity index (χ3v) is 3.52. The molecule has 1 aromatic heterocycles. The van der Waals surface area contributed by atoms with E-state index in [4.69, 9.17) is 4.74 Å². The van der Waals surface area contributed by atoms with Crippen molar-refractivity contribution in [3.8, 4) is 0 Å². The number of carbonyl (C=O) groups excluding carboxylic acids is 2. The van der Waals surface area contributed by atoms with Gasteiger partial charge in [0, 0.05) is 32.3 Å². The van der Waals surface area contributed by atoms with Crippen molar-refractivity contribution in [3.05, 3.63) is 36.2 Å². The predicted molar refractivity (Wildman–Crippen MR) is 78.7 cm³/mol. The molecule has 2 heterocycles. The van der Waals surface area contributed by atoms with E-state index >= 15 is 0 Å². The van der Waals surface area contributed by atoms with Crippen molar-refractivity contribution in [1.82, 2.24) is 9.88 Å². The van der Waals surface area contributed by atoms with Crippen LogP contribution in [0.3, 0.4) is 0 Å². The molecule has 0 radical (unpaired) electrons. The molecule has 0 saturated heterocycles. The lowest BCUT2D eigenvalue weighted by Crippen LogP contribution is -2.35. The number of carbonyl (C=O) groups is 2. The molecule has 21 heavy (non-hydrogen) atoms. The van der Waals surface area contributed by atoms with Gasteiger partial charge in [0.05, 0.1) is 11.9 Å². The van der Waals surface area contributed by atoms with Gasteiger partial charge in [-0.3, -0.25) is 14.6 Å². The Hall–Kier alpha value is -2.21. The van der Waals surface area contributed by atoms with E-state index in [1.807, 2.05) is 6.07 Å². The van der Waals surface area contributed by atoms with Crippen LogP contribution in [0, 0.1) is 0 Å². The molecule has 0 aromatic carbocycles. The maximum absolute atomic E-state index is 11.8. The lowest BCUT2D eigenvalue weighted by Gasteiger charge is -2.27. The van der Waals surface area contributed by atoms with Crippen molar-refractivity contribution in [2.24, 2.45) is 0 Å². The highest BCUT2D eigenvalue weighted by molar-refractivity contribution is 5.93. The van der Waals surface area contributed by atoms with E-state index < -0.39 is 6.10 Å². The Morgan fingerprint density at radius 2 is 2.33 bits per heavy atom. The molecule has 6 nitrogen and oxygen atoms in total. The maximum Gasteiger partial charge on any atom is 0.253 e. The zero-order valence-corrected chi connectivity index (χ0v) is 12.3. The molecule has 2 amide bonds. The van der Waals surface area contributed by atoms with Crippen molar-refractivity contribution in [2.45, 2.75) is 26.0 Å². The molecule has 0 spiro atoms. The summed E-state index contributed by atoms with van der Waals surface area (Å²) in [6.07, 6.45) is 3.12. The molecule has 0 bridgehead atoms. The normalized spacial score (nSPS) is 15.0. The number of hydrogen-bond acceptors (Lipinski definition) is 4. The van der Waals surface area contributed by atoms with Gasteiger partial charge in [0.15, 0.2) is 0 Å². The van der Waals surface area contributed by atoms with Gasteiger partial charge in [-0.05, 0) is 24.6 Å². The van der Waals surface area contributed by atoms with Crippen LogP contribution >= 0.6 is 0 Å². The van der Waals surface area contributed by atoms with E-state index in [2.05, 4.69) is 16.9 Å². The van der Waals surface area contributed by atoms with Crippen LogP contribution in [0.5, 0.6) is 0 Å². The third-order valence-electron chi connectivity index (χ3n) is 3.52. The summed E-state index contributed by atoms with van der Waals surface area (Å²) in [4.78, 5) is 29.5. The Kier molecular flexibility index (Phi) is 4.70. The second-order valence-electron chi connectivity index (χ2n) is 4.91. The van der Waals surface area contributed by atoms with Crippen LogP contribution in [0.25, 0.3) is 0 Å². The molecule has 0 saturated carbocycles. The first-order valence-electron chi connectivity index (χ1n) is 6.78. The van der Waals surface area contributed by atoms with E-state index in [1.165, 1.54) is 13.2 Å². The molecule has 0 aliphatic carbocycles. The first-order chi connectivity index (χ1) is 10.0. The average Bonchev–Trinajstić information content (AvgIpc) is 2.52. The predicted octanol–water partition coefficient (Wildman–Crippen LogP) is 1.13. The summed E-state index contributed by atoms with van der Waals surface area (Å²) in [6, 6.07) is 1.85. The highest BCUT2D eigenvalue weighted by Gasteiger charge is 2.21. The minimum atomic E-state index is -0.528. The first kappa shape index (κ1) is 15.2. The summed E-state index contributed by atoms with van der Waals surface area (Å²) in [6.45, 7) is 6.29. The summed E-state index contributed by atoms with van der Waals surface area (Å²) in [7, 11) is 1.48. The highest BCUT2D eigenvalue weighted by Crippen LogP contribution is 2.20. The third kappa shape index (κ3) is 3.46. The lowest BCUT2D eigenvalue weighted by atomic mass is 10.1. The van der Waals surface area contributed by atoms with Crippen molar-refractivity contribution in [3.63, 3.8) is 0 Å². The van der Waals surface area contributed by atoms with Gasteiger partial charge in [-0.15, -0.1) is 0 Å². The number of ether oxygens (including phenoxy) is 1. The number of rotatable bonds is 4. The number of hydrogen-bond donors (Lipinski definition) is 1. The fourth-order valence-corrected chi connectivity index (χ4v) is 2.16. The molecule has 2 rings (SSSR count). The van der Waals surface area contributed by atoms with Crippen molar-refractivity contribution in [2.75, 3.05) is 19.0 Å². The molecule has 1 aliphatic heterocycles. The molecule has 112 valence electrons. The number of amides is 2. The number of nitrogens with one attached hydrogen (secondary N) is 1.